The molecule has 1 N–H and O–H groups in total. The van der Waals surface area contributed by atoms with Gasteiger partial charge in [-0.3, -0.25) is 4.90 Å². The molecule has 1 aliphatic heterocycles. The maximum Gasteiger partial charge on any atom is 0.331 e. The number of hydrogen-bond acceptors (Lipinski definition) is 3. The Morgan fingerprint density at radius 1 is 1.59 bits per heavy atom. The fourth-order valence-corrected chi connectivity index (χ4v) is 2.35. The summed E-state index contributed by atoms with van der Waals surface area (Å²) in [5.41, 5.74) is 0.336. The lowest BCUT2D eigenvalue weighted by molar-refractivity contribution is -0.132. The Morgan fingerprint density at radius 3 is 2.71 bits per heavy atom. The van der Waals surface area contributed by atoms with E-state index >= 15 is 0 Å². The highest BCUT2D eigenvalue weighted by Crippen LogP contribution is 2.20. The fourth-order valence-electron chi connectivity index (χ4n) is 2.35. The highest BCUT2D eigenvalue weighted by atomic mass is 16.5. The van der Waals surface area contributed by atoms with E-state index in [1.54, 1.807) is 0 Å². The highest BCUT2D eigenvalue weighted by molar-refractivity contribution is 5.86. The average molecular weight is 241 g/mol. The van der Waals surface area contributed by atoms with E-state index < -0.39 is 5.97 Å². The summed E-state index contributed by atoms with van der Waals surface area (Å²) in [5, 5.41) is 8.95. The van der Waals surface area contributed by atoms with Crippen molar-refractivity contribution in [3.63, 3.8) is 0 Å². The normalized spacial score (nSPS) is 25.9. The van der Waals surface area contributed by atoms with Crippen LogP contribution in [0.3, 0.4) is 0 Å². The molecule has 0 bridgehead atoms. The number of carbonyl (C=O) groups is 1. The Hall–Kier alpha value is -0.870. The van der Waals surface area contributed by atoms with Gasteiger partial charge in [0.05, 0.1) is 11.7 Å². The van der Waals surface area contributed by atoms with E-state index in [1.165, 1.54) is 0 Å². The van der Waals surface area contributed by atoms with E-state index in [0.717, 1.165) is 13.1 Å². The molecule has 1 heterocycles. The second-order valence-corrected chi connectivity index (χ2v) is 5.27. The number of rotatable bonds is 4. The van der Waals surface area contributed by atoms with Crippen molar-refractivity contribution in [3.05, 3.63) is 11.6 Å². The van der Waals surface area contributed by atoms with Crippen LogP contribution in [0, 0.1) is 0 Å². The van der Waals surface area contributed by atoms with Crippen LogP contribution in [-0.4, -0.2) is 47.3 Å². The number of nitrogens with zero attached hydrogens (tertiary/aromatic N) is 1. The standard InChI is InChI=1S/C13H23NO3/c1-5-11(12(15)16)6-7-14-8-10(2)17-13(3,4)9-14/h6,10H,5,7-9H2,1-4H3,(H,15,16). The van der Waals surface area contributed by atoms with Crippen LogP contribution in [0.4, 0.5) is 0 Å². The largest absolute Gasteiger partial charge is 0.478 e. The van der Waals surface area contributed by atoms with E-state index in [-0.39, 0.29) is 11.7 Å². The monoisotopic (exact) mass is 241 g/mol. The minimum Gasteiger partial charge on any atom is -0.478 e. The molecule has 0 spiro atoms. The van der Waals surface area contributed by atoms with Crippen LogP contribution in [-0.2, 0) is 9.53 Å². The molecule has 0 aromatic carbocycles. The highest BCUT2D eigenvalue weighted by Gasteiger charge is 2.30. The summed E-state index contributed by atoms with van der Waals surface area (Å²) in [6.45, 7) is 10.4. The molecule has 17 heavy (non-hydrogen) atoms. The third kappa shape index (κ3) is 4.48. The first-order chi connectivity index (χ1) is 7.84. The maximum atomic E-state index is 10.9. The average Bonchev–Trinajstić information content (AvgIpc) is 2.14. The molecule has 4 nitrogen and oxygen atoms in total. The van der Waals surface area contributed by atoms with Crippen LogP contribution < -0.4 is 0 Å². The van der Waals surface area contributed by atoms with Gasteiger partial charge in [0.1, 0.15) is 0 Å². The Kier molecular flexibility index (Phi) is 4.71. The Bertz CT molecular complexity index is 310. The van der Waals surface area contributed by atoms with Gasteiger partial charge in [-0.2, -0.15) is 0 Å². The van der Waals surface area contributed by atoms with Crippen LogP contribution in [0.5, 0.6) is 0 Å². The number of morpholine rings is 1. The van der Waals surface area contributed by atoms with Crippen molar-refractivity contribution in [2.24, 2.45) is 0 Å². The van der Waals surface area contributed by atoms with Crippen LogP contribution in [0.15, 0.2) is 11.6 Å². The van der Waals surface area contributed by atoms with Crippen molar-refractivity contribution < 1.29 is 14.6 Å². The van der Waals surface area contributed by atoms with Crippen molar-refractivity contribution in [2.45, 2.75) is 45.8 Å². The Labute approximate surface area is 103 Å². The molecule has 1 atom stereocenters. The third-order valence-electron chi connectivity index (χ3n) is 2.89. The van der Waals surface area contributed by atoms with Crippen LogP contribution >= 0.6 is 0 Å². The molecule has 1 fully saturated rings. The summed E-state index contributed by atoms with van der Waals surface area (Å²) in [5.74, 6) is -0.812. The summed E-state index contributed by atoms with van der Waals surface area (Å²) in [7, 11) is 0. The Morgan fingerprint density at radius 2 is 2.24 bits per heavy atom. The molecule has 1 unspecified atom stereocenters. The molecule has 1 aliphatic rings. The number of aliphatic carboxylic acids is 1. The van der Waals surface area contributed by atoms with E-state index in [4.69, 9.17) is 9.84 Å². The van der Waals surface area contributed by atoms with Crippen molar-refractivity contribution in [2.75, 3.05) is 19.6 Å². The first kappa shape index (κ1) is 14.2. The molecule has 0 radical (unpaired) electrons. The number of hydrogen-bond donors (Lipinski definition) is 1. The lowest BCUT2D eigenvalue weighted by atomic mass is 10.1. The topological polar surface area (TPSA) is 49.8 Å². The van der Waals surface area contributed by atoms with Crippen molar-refractivity contribution in [1.82, 2.24) is 4.90 Å². The summed E-state index contributed by atoms with van der Waals surface area (Å²) in [6, 6.07) is 0. The fraction of sp³-hybridized carbons (Fsp3) is 0.769. The summed E-state index contributed by atoms with van der Waals surface area (Å²) in [6.07, 6.45) is 2.58. The van der Waals surface area contributed by atoms with Gasteiger partial charge < -0.3 is 9.84 Å². The lowest BCUT2D eigenvalue weighted by Crippen LogP contribution is -2.51. The Balaban J connectivity index is 2.59. The van der Waals surface area contributed by atoms with Crippen molar-refractivity contribution in [1.29, 1.82) is 0 Å². The molecule has 98 valence electrons. The van der Waals surface area contributed by atoms with E-state index in [1.807, 2.05) is 13.0 Å². The van der Waals surface area contributed by atoms with Gasteiger partial charge in [-0.25, -0.2) is 4.79 Å². The molecule has 0 aromatic rings. The molecule has 0 saturated carbocycles. The van der Waals surface area contributed by atoms with Crippen molar-refractivity contribution in [3.8, 4) is 0 Å². The van der Waals surface area contributed by atoms with Gasteiger partial charge in [0, 0.05) is 25.2 Å². The lowest BCUT2D eigenvalue weighted by Gasteiger charge is -2.41. The van der Waals surface area contributed by atoms with Gasteiger partial charge >= 0.3 is 5.97 Å². The first-order valence-corrected chi connectivity index (χ1v) is 6.16. The summed E-state index contributed by atoms with van der Waals surface area (Å²) < 4.78 is 5.81. The SMILES string of the molecule is CCC(=CCN1CC(C)OC(C)(C)C1)C(=O)O. The van der Waals surface area contributed by atoms with Gasteiger partial charge in [-0.05, 0) is 27.2 Å². The predicted octanol–water partition coefficient (Wildman–Crippen LogP) is 1.91. The van der Waals surface area contributed by atoms with E-state index in [0.29, 0.717) is 18.5 Å². The number of carboxylic acid groups (broad SMARTS) is 1. The molecule has 0 aliphatic carbocycles. The molecule has 0 aromatic heterocycles. The minimum atomic E-state index is -0.812. The van der Waals surface area contributed by atoms with E-state index in [9.17, 15) is 4.79 Å². The maximum absolute atomic E-state index is 10.9. The number of ether oxygens (including phenoxy) is 1. The van der Waals surface area contributed by atoms with Gasteiger partial charge in [-0.1, -0.05) is 13.0 Å². The van der Waals surface area contributed by atoms with E-state index in [2.05, 4.69) is 25.7 Å². The van der Waals surface area contributed by atoms with Gasteiger partial charge in [0.25, 0.3) is 0 Å². The smallest absolute Gasteiger partial charge is 0.331 e. The van der Waals surface area contributed by atoms with Gasteiger partial charge in [0.15, 0.2) is 0 Å². The molecule has 0 amide bonds. The predicted molar refractivity (Wildman–Crippen MR) is 67.1 cm³/mol. The molecule has 1 saturated heterocycles. The second kappa shape index (κ2) is 5.65. The molecular weight excluding hydrogens is 218 g/mol. The summed E-state index contributed by atoms with van der Waals surface area (Å²) in [4.78, 5) is 13.1. The molecule has 1 rings (SSSR count). The summed E-state index contributed by atoms with van der Waals surface area (Å²) >= 11 is 0. The quantitative estimate of drug-likeness (QED) is 0.764. The van der Waals surface area contributed by atoms with Gasteiger partial charge in [0.2, 0.25) is 0 Å². The molecule has 4 heteroatoms. The second-order valence-electron chi connectivity index (χ2n) is 5.27. The zero-order valence-corrected chi connectivity index (χ0v) is 11.2. The number of carboxylic acids is 1. The zero-order valence-electron chi connectivity index (χ0n) is 11.2. The first-order valence-electron chi connectivity index (χ1n) is 6.16. The van der Waals surface area contributed by atoms with Gasteiger partial charge in [-0.15, -0.1) is 0 Å². The van der Waals surface area contributed by atoms with Crippen LogP contribution in [0.2, 0.25) is 0 Å². The molecular formula is C13H23NO3. The van der Waals surface area contributed by atoms with Crippen LogP contribution in [0.25, 0.3) is 0 Å². The van der Waals surface area contributed by atoms with Crippen molar-refractivity contribution >= 4 is 5.97 Å². The minimum absolute atomic E-state index is 0.152. The van der Waals surface area contributed by atoms with Crippen LogP contribution in [0.1, 0.15) is 34.1 Å². The third-order valence-corrected chi connectivity index (χ3v) is 2.89. The zero-order chi connectivity index (χ0) is 13.1.